The van der Waals surface area contributed by atoms with Crippen molar-refractivity contribution in [2.75, 3.05) is 5.32 Å². The van der Waals surface area contributed by atoms with E-state index in [1.807, 2.05) is 0 Å². The molecule has 10 heteroatoms. The summed E-state index contributed by atoms with van der Waals surface area (Å²) in [6.45, 7) is 0. The summed E-state index contributed by atoms with van der Waals surface area (Å²) in [5.74, 6) is -0.115. The van der Waals surface area contributed by atoms with E-state index in [2.05, 4.69) is 10.3 Å². The van der Waals surface area contributed by atoms with Crippen molar-refractivity contribution in [3.05, 3.63) is 74.5 Å². The van der Waals surface area contributed by atoms with E-state index in [1.54, 1.807) is 30.3 Å². The smallest absolute Gasteiger partial charge is 0.293 e. The zero-order chi connectivity index (χ0) is 19.8. The highest BCUT2D eigenvalue weighted by Gasteiger charge is 2.17. The van der Waals surface area contributed by atoms with E-state index in [-0.39, 0.29) is 11.4 Å². The number of nitro benzene ring substituents is 1. The maximum atomic E-state index is 12.5. The molecule has 2 aromatic carbocycles. The van der Waals surface area contributed by atoms with E-state index in [1.165, 1.54) is 29.5 Å². The lowest BCUT2D eigenvalue weighted by Gasteiger charge is -1.99. The van der Waals surface area contributed by atoms with Gasteiger partial charge in [0.05, 0.1) is 19.7 Å². The molecule has 2 aromatic heterocycles. The SMILES string of the molecule is O=C(Nc1nc2c(Cl)c(Cl)ccc2s1)c1ccc(-c2cccc([N+](=O)[O-])c2)o1. The van der Waals surface area contributed by atoms with Gasteiger partial charge in [0.15, 0.2) is 10.9 Å². The largest absolute Gasteiger partial charge is 0.451 e. The molecule has 28 heavy (non-hydrogen) atoms. The summed E-state index contributed by atoms with van der Waals surface area (Å²) in [5, 5.41) is 14.6. The maximum Gasteiger partial charge on any atom is 0.293 e. The Kier molecular flexibility index (Phi) is 4.76. The molecule has 0 spiro atoms. The molecule has 0 aliphatic heterocycles. The van der Waals surface area contributed by atoms with E-state index in [9.17, 15) is 14.9 Å². The molecule has 0 saturated carbocycles. The van der Waals surface area contributed by atoms with Gasteiger partial charge in [-0.2, -0.15) is 0 Å². The second-order valence-corrected chi connectivity index (χ2v) is 7.47. The lowest BCUT2D eigenvalue weighted by atomic mass is 10.1. The van der Waals surface area contributed by atoms with Crippen LogP contribution in [-0.4, -0.2) is 15.8 Å². The second kappa shape index (κ2) is 7.23. The van der Waals surface area contributed by atoms with E-state index < -0.39 is 10.8 Å². The molecule has 4 rings (SSSR count). The third kappa shape index (κ3) is 3.45. The number of furan rings is 1. The second-order valence-electron chi connectivity index (χ2n) is 5.65. The molecule has 0 radical (unpaired) electrons. The van der Waals surface area contributed by atoms with E-state index in [0.29, 0.717) is 32.0 Å². The standard InChI is InChI=1S/C18H9Cl2N3O4S/c19-11-4-7-14-16(15(11)20)21-18(28-14)22-17(24)13-6-5-12(27-13)9-2-1-3-10(8-9)23(25)26/h1-8H,(H,21,22,24). The Labute approximate surface area is 171 Å². The monoisotopic (exact) mass is 433 g/mol. The van der Waals surface area contributed by atoms with E-state index >= 15 is 0 Å². The van der Waals surface area contributed by atoms with Crippen LogP contribution in [0.5, 0.6) is 0 Å². The first-order valence-electron chi connectivity index (χ1n) is 7.83. The Balaban J connectivity index is 1.57. The summed E-state index contributed by atoms with van der Waals surface area (Å²) >= 11 is 13.4. The molecule has 1 amide bonds. The molecule has 0 aliphatic rings. The van der Waals surface area contributed by atoms with E-state index in [0.717, 1.165) is 4.70 Å². The Bertz CT molecular complexity index is 1230. The molecular formula is C18H9Cl2N3O4S. The van der Waals surface area contributed by atoms with Gasteiger partial charge in [-0.15, -0.1) is 0 Å². The molecule has 4 aromatic rings. The van der Waals surface area contributed by atoms with Crippen LogP contribution in [-0.2, 0) is 0 Å². The van der Waals surface area contributed by atoms with Crippen molar-refractivity contribution in [3.63, 3.8) is 0 Å². The van der Waals surface area contributed by atoms with Gasteiger partial charge in [0.1, 0.15) is 11.3 Å². The van der Waals surface area contributed by atoms with Gasteiger partial charge < -0.3 is 4.42 Å². The lowest BCUT2D eigenvalue weighted by Crippen LogP contribution is -2.10. The quantitative estimate of drug-likeness (QED) is 0.313. The molecular weight excluding hydrogens is 425 g/mol. The van der Waals surface area contributed by atoms with Gasteiger partial charge in [0.25, 0.3) is 11.6 Å². The van der Waals surface area contributed by atoms with Crippen LogP contribution in [0.1, 0.15) is 10.6 Å². The van der Waals surface area contributed by atoms with Gasteiger partial charge in [-0.1, -0.05) is 46.7 Å². The van der Waals surface area contributed by atoms with Crippen molar-refractivity contribution in [1.29, 1.82) is 0 Å². The first-order chi connectivity index (χ1) is 13.4. The zero-order valence-electron chi connectivity index (χ0n) is 13.8. The van der Waals surface area contributed by atoms with Crippen LogP contribution in [0.4, 0.5) is 10.8 Å². The van der Waals surface area contributed by atoms with Crippen molar-refractivity contribution in [2.45, 2.75) is 0 Å². The van der Waals surface area contributed by atoms with Crippen LogP contribution in [0, 0.1) is 10.1 Å². The first kappa shape index (κ1) is 18.4. The third-order valence-corrected chi connectivity index (χ3v) is 5.57. The van der Waals surface area contributed by atoms with Crippen LogP contribution >= 0.6 is 34.5 Å². The van der Waals surface area contributed by atoms with E-state index in [4.69, 9.17) is 27.6 Å². The van der Waals surface area contributed by atoms with Crippen molar-refractivity contribution in [1.82, 2.24) is 4.98 Å². The normalized spacial score (nSPS) is 10.9. The van der Waals surface area contributed by atoms with Crippen LogP contribution in [0.3, 0.4) is 0 Å². The number of amides is 1. The topological polar surface area (TPSA) is 98.3 Å². The van der Waals surface area contributed by atoms with Gasteiger partial charge >= 0.3 is 0 Å². The number of hydrogen-bond acceptors (Lipinski definition) is 6. The molecule has 7 nitrogen and oxygen atoms in total. The van der Waals surface area contributed by atoms with Crippen LogP contribution in [0.15, 0.2) is 52.9 Å². The predicted octanol–water partition coefficient (Wildman–Crippen LogP) is 6.02. The number of carbonyl (C=O) groups excluding carboxylic acids is 1. The predicted molar refractivity (Wildman–Crippen MR) is 108 cm³/mol. The van der Waals surface area contributed by atoms with Gasteiger partial charge in [-0.25, -0.2) is 4.98 Å². The maximum absolute atomic E-state index is 12.5. The first-order valence-corrected chi connectivity index (χ1v) is 9.40. The third-order valence-electron chi connectivity index (χ3n) is 3.84. The Hall–Kier alpha value is -2.94. The number of rotatable bonds is 4. The number of fused-ring (bicyclic) bond motifs is 1. The Morgan fingerprint density at radius 1 is 1.18 bits per heavy atom. The molecule has 0 unspecified atom stereocenters. The minimum absolute atomic E-state index is 0.0462. The summed E-state index contributed by atoms with van der Waals surface area (Å²) in [7, 11) is 0. The highest BCUT2D eigenvalue weighted by Crippen LogP contribution is 2.35. The number of nitrogens with zero attached hydrogens (tertiary/aromatic N) is 2. The summed E-state index contributed by atoms with van der Waals surface area (Å²) < 4.78 is 6.33. The minimum Gasteiger partial charge on any atom is -0.451 e. The average molecular weight is 434 g/mol. The number of thiazole rings is 1. The number of hydrogen-bond donors (Lipinski definition) is 1. The van der Waals surface area contributed by atoms with Gasteiger partial charge in [0.2, 0.25) is 0 Å². The van der Waals surface area contributed by atoms with Gasteiger partial charge in [-0.3, -0.25) is 20.2 Å². The summed E-state index contributed by atoms with van der Waals surface area (Å²) in [6.07, 6.45) is 0. The van der Waals surface area contributed by atoms with Gasteiger partial charge in [0, 0.05) is 17.7 Å². The molecule has 0 atom stereocenters. The molecule has 0 bridgehead atoms. The van der Waals surface area contributed by atoms with Crippen LogP contribution in [0.2, 0.25) is 10.0 Å². The van der Waals surface area contributed by atoms with Crippen LogP contribution in [0.25, 0.3) is 21.5 Å². The lowest BCUT2D eigenvalue weighted by molar-refractivity contribution is -0.384. The fourth-order valence-corrected chi connectivity index (χ4v) is 3.82. The minimum atomic E-state index is -0.502. The highest BCUT2D eigenvalue weighted by atomic mass is 35.5. The van der Waals surface area contributed by atoms with Gasteiger partial charge in [-0.05, 0) is 24.3 Å². The van der Waals surface area contributed by atoms with Crippen molar-refractivity contribution < 1.29 is 14.1 Å². The number of carbonyl (C=O) groups is 1. The van der Waals surface area contributed by atoms with Crippen molar-refractivity contribution in [2.24, 2.45) is 0 Å². The number of nitrogens with one attached hydrogen (secondary N) is 1. The Morgan fingerprint density at radius 3 is 2.79 bits per heavy atom. The molecule has 2 heterocycles. The fourth-order valence-electron chi connectivity index (χ4n) is 2.54. The number of non-ortho nitro benzene ring substituents is 1. The summed E-state index contributed by atoms with van der Waals surface area (Å²) in [6, 6.07) is 12.4. The summed E-state index contributed by atoms with van der Waals surface area (Å²) in [5.41, 5.74) is 0.936. The summed E-state index contributed by atoms with van der Waals surface area (Å²) in [4.78, 5) is 27.2. The number of benzene rings is 2. The average Bonchev–Trinajstić information content (AvgIpc) is 3.32. The van der Waals surface area contributed by atoms with Crippen molar-refractivity contribution in [3.8, 4) is 11.3 Å². The highest BCUT2D eigenvalue weighted by molar-refractivity contribution is 7.22. The Morgan fingerprint density at radius 2 is 2.00 bits per heavy atom. The number of aromatic nitrogens is 1. The van der Waals surface area contributed by atoms with Crippen LogP contribution < -0.4 is 5.32 Å². The molecule has 0 saturated heterocycles. The molecule has 140 valence electrons. The molecule has 1 N–H and O–H groups in total. The molecule has 0 aliphatic carbocycles. The fraction of sp³-hybridized carbons (Fsp3) is 0. The number of halogens is 2. The number of nitro groups is 1. The zero-order valence-corrected chi connectivity index (χ0v) is 16.1. The number of anilines is 1. The molecule has 0 fully saturated rings. The van der Waals surface area contributed by atoms with Crippen molar-refractivity contribution >= 4 is 61.5 Å².